The molecule has 0 saturated heterocycles. The predicted octanol–water partition coefficient (Wildman–Crippen LogP) is 2.86. The summed E-state index contributed by atoms with van der Waals surface area (Å²) >= 11 is 0. The number of nitrogens with one attached hydrogen (secondary N) is 1. The fourth-order valence-corrected chi connectivity index (χ4v) is 1.93. The maximum Gasteiger partial charge on any atom is 0.0914 e. The van der Waals surface area contributed by atoms with E-state index in [-0.39, 0.29) is 0 Å². The van der Waals surface area contributed by atoms with Crippen LogP contribution in [0.5, 0.6) is 0 Å². The molecule has 3 nitrogen and oxygen atoms in total. The lowest BCUT2D eigenvalue weighted by Crippen LogP contribution is -2.31. The molecule has 1 rings (SSSR count). The summed E-state index contributed by atoms with van der Waals surface area (Å²) in [6.45, 7) is 7.77. The third-order valence-electron chi connectivity index (χ3n) is 3.40. The molecule has 0 amide bonds. The van der Waals surface area contributed by atoms with E-state index in [2.05, 4.69) is 38.2 Å². The molecule has 0 aliphatic carbocycles. The van der Waals surface area contributed by atoms with Crippen LogP contribution in [-0.2, 0) is 4.74 Å². The summed E-state index contributed by atoms with van der Waals surface area (Å²) in [6, 6.07) is 8.57. The van der Waals surface area contributed by atoms with E-state index in [1.165, 1.54) is 5.56 Å². The maximum absolute atomic E-state index is 10.1. The van der Waals surface area contributed by atoms with Gasteiger partial charge in [-0.1, -0.05) is 38.1 Å². The molecule has 3 heteroatoms. The number of rotatable bonds is 8. The first-order chi connectivity index (χ1) is 9.04. The van der Waals surface area contributed by atoms with Crippen molar-refractivity contribution in [1.82, 2.24) is 5.32 Å². The molecule has 0 fully saturated rings. The van der Waals surface area contributed by atoms with Crippen LogP contribution in [0.1, 0.15) is 50.3 Å². The Bertz CT molecular complexity index is 348. The minimum atomic E-state index is -0.453. The van der Waals surface area contributed by atoms with Crippen molar-refractivity contribution in [2.24, 2.45) is 0 Å². The van der Waals surface area contributed by atoms with Gasteiger partial charge in [0, 0.05) is 26.3 Å². The molecular weight excluding hydrogens is 238 g/mol. The quantitative estimate of drug-likeness (QED) is 0.759. The second-order valence-corrected chi connectivity index (χ2v) is 5.43. The van der Waals surface area contributed by atoms with Crippen molar-refractivity contribution in [2.75, 3.05) is 20.3 Å². The summed E-state index contributed by atoms with van der Waals surface area (Å²) in [5.74, 6) is 0.526. The van der Waals surface area contributed by atoms with Crippen LogP contribution in [0, 0.1) is 0 Å². The molecule has 0 bridgehead atoms. The van der Waals surface area contributed by atoms with Crippen LogP contribution in [0.3, 0.4) is 0 Å². The van der Waals surface area contributed by atoms with Gasteiger partial charge in [-0.3, -0.25) is 0 Å². The number of ether oxygens (including phenoxy) is 1. The largest absolute Gasteiger partial charge is 0.387 e. The summed E-state index contributed by atoms with van der Waals surface area (Å²) in [7, 11) is 1.71. The second kappa shape index (κ2) is 8.31. The van der Waals surface area contributed by atoms with Crippen molar-refractivity contribution in [3.8, 4) is 0 Å². The van der Waals surface area contributed by atoms with Gasteiger partial charge in [0.25, 0.3) is 0 Å². The average molecular weight is 265 g/mol. The van der Waals surface area contributed by atoms with Crippen molar-refractivity contribution in [1.29, 1.82) is 0 Å². The number of benzene rings is 1. The van der Waals surface area contributed by atoms with E-state index in [0.717, 1.165) is 18.6 Å². The Labute approximate surface area is 117 Å². The van der Waals surface area contributed by atoms with Crippen molar-refractivity contribution in [3.05, 3.63) is 35.4 Å². The molecule has 0 aromatic heterocycles. The van der Waals surface area contributed by atoms with Gasteiger partial charge in [-0.25, -0.2) is 0 Å². The zero-order chi connectivity index (χ0) is 14.3. The number of hydrogen-bond acceptors (Lipinski definition) is 3. The first-order valence-electron chi connectivity index (χ1n) is 7.04. The van der Waals surface area contributed by atoms with Gasteiger partial charge in [0.1, 0.15) is 0 Å². The third-order valence-corrected chi connectivity index (χ3v) is 3.40. The van der Waals surface area contributed by atoms with Crippen molar-refractivity contribution >= 4 is 0 Å². The minimum absolute atomic E-state index is 0.351. The molecule has 2 atom stereocenters. The van der Waals surface area contributed by atoms with E-state index in [4.69, 9.17) is 4.74 Å². The lowest BCUT2D eigenvalue weighted by Gasteiger charge is -2.17. The Morgan fingerprint density at radius 3 is 2.21 bits per heavy atom. The molecule has 0 aliphatic heterocycles. The van der Waals surface area contributed by atoms with E-state index >= 15 is 0 Å². The zero-order valence-corrected chi connectivity index (χ0v) is 12.5. The van der Waals surface area contributed by atoms with Crippen LogP contribution >= 0.6 is 0 Å². The molecule has 0 aliphatic rings. The van der Waals surface area contributed by atoms with Crippen LogP contribution in [-0.4, -0.2) is 31.4 Å². The van der Waals surface area contributed by atoms with Crippen LogP contribution in [0.2, 0.25) is 0 Å². The highest BCUT2D eigenvalue weighted by Gasteiger charge is 2.09. The monoisotopic (exact) mass is 265 g/mol. The Balaban J connectivity index is 2.42. The molecule has 0 heterocycles. The van der Waals surface area contributed by atoms with E-state index in [9.17, 15) is 5.11 Å². The fourth-order valence-electron chi connectivity index (χ4n) is 1.93. The second-order valence-electron chi connectivity index (χ2n) is 5.43. The Kier molecular flexibility index (Phi) is 7.06. The summed E-state index contributed by atoms with van der Waals surface area (Å²) in [5, 5.41) is 13.5. The van der Waals surface area contributed by atoms with Crippen molar-refractivity contribution < 1.29 is 9.84 Å². The molecule has 108 valence electrons. The summed E-state index contributed by atoms with van der Waals surface area (Å²) < 4.78 is 5.04. The highest BCUT2D eigenvalue weighted by molar-refractivity contribution is 5.26. The number of methoxy groups -OCH3 is 1. The van der Waals surface area contributed by atoms with Crippen LogP contribution in [0.4, 0.5) is 0 Å². The molecule has 0 saturated carbocycles. The zero-order valence-electron chi connectivity index (χ0n) is 12.5. The normalized spacial score (nSPS) is 14.6. The summed E-state index contributed by atoms with van der Waals surface area (Å²) in [6.07, 6.45) is 0.501. The van der Waals surface area contributed by atoms with Crippen LogP contribution in [0.15, 0.2) is 24.3 Å². The SMILES string of the molecule is COCCC(C)NCC(O)c1ccc(C(C)C)cc1. The van der Waals surface area contributed by atoms with Crippen molar-refractivity contribution in [2.45, 2.75) is 45.3 Å². The lowest BCUT2D eigenvalue weighted by molar-refractivity contribution is 0.158. The fraction of sp³-hybridized carbons (Fsp3) is 0.625. The minimum Gasteiger partial charge on any atom is -0.387 e. The Morgan fingerprint density at radius 2 is 1.68 bits per heavy atom. The molecule has 19 heavy (non-hydrogen) atoms. The van der Waals surface area contributed by atoms with E-state index in [1.807, 2.05) is 12.1 Å². The molecule has 2 unspecified atom stereocenters. The van der Waals surface area contributed by atoms with E-state index < -0.39 is 6.10 Å². The average Bonchev–Trinajstić information content (AvgIpc) is 2.42. The first kappa shape index (κ1) is 16.2. The standard InChI is InChI=1S/C16H27NO2/c1-12(2)14-5-7-15(8-6-14)16(18)11-17-13(3)9-10-19-4/h5-8,12-13,16-18H,9-11H2,1-4H3. The maximum atomic E-state index is 10.1. The highest BCUT2D eigenvalue weighted by atomic mass is 16.5. The van der Waals surface area contributed by atoms with E-state index in [0.29, 0.717) is 18.5 Å². The molecule has 2 N–H and O–H groups in total. The van der Waals surface area contributed by atoms with Gasteiger partial charge in [0.15, 0.2) is 0 Å². The molecule has 1 aromatic rings. The Hall–Kier alpha value is -0.900. The summed E-state index contributed by atoms with van der Waals surface area (Å²) in [5.41, 5.74) is 2.27. The predicted molar refractivity (Wildman–Crippen MR) is 79.4 cm³/mol. The number of hydrogen-bond donors (Lipinski definition) is 2. The van der Waals surface area contributed by atoms with Crippen LogP contribution < -0.4 is 5.32 Å². The smallest absolute Gasteiger partial charge is 0.0914 e. The summed E-state index contributed by atoms with van der Waals surface area (Å²) in [4.78, 5) is 0. The van der Waals surface area contributed by atoms with Gasteiger partial charge in [-0.15, -0.1) is 0 Å². The molecule has 0 spiro atoms. The topological polar surface area (TPSA) is 41.5 Å². The van der Waals surface area contributed by atoms with Gasteiger partial charge in [0.2, 0.25) is 0 Å². The number of aliphatic hydroxyl groups excluding tert-OH is 1. The van der Waals surface area contributed by atoms with Gasteiger partial charge in [0.05, 0.1) is 6.10 Å². The lowest BCUT2D eigenvalue weighted by atomic mass is 10.00. The van der Waals surface area contributed by atoms with Gasteiger partial charge >= 0.3 is 0 Å². The first-order valence-corrected chi connectivity index (χ1v) is 7.04. The van der Waals surface area contributed by atoms with E-state index in [1.54, 1.807) is 7.11 Å². The third kappa shape index (κ3) is 5.72. The van der Waals surface area contributed by atoms with Gasteiger partial charge in [-0.05, 0) is 30.4 Å². The molecular formula is C16H27NO2. The van der Waals surface area contributed by atoms with Crippen molar-refractivity contribution in [3.63, 3.8) is 0 Å². The molecule has 0 radical (unpaired) electrons. The molecule has 1 aromatic carbocycles. The Morgan fingerprint density at radius 1 is 1.11 bits per heavy atom. The van der Waals surface area contributed by atoms with Gasteiger partial charge < -0.3 is 15.2 Å². The van der Waals surface area contributed by atoms with Gasteiger partial charge in [-0.2, -0.15) is 0 Å². The highest BCUT2D eigenvalue weighted by Crippen LogP contribution is 2.18. The van der Waals surface area contributed by atoms with Crippen LogP contribution in [0.25, 0.3) is 0 Å². The number of aliphatic hydroxyl groups is 1.